The highest BCUT2D eigenvalue weighted by atomic mass is 16.5. The van der Waals surface area contributed by atoms with Crippen LogP contribution in [0.15, 0.2) is 48.8 Å². The topological polar surface area (TPSA) is 69.0 Å². The van der Waals surface area contributed by atoms with Gasteiger partial charge in [0.1, 0.15) is 11.4 Å². The summed E-state index contributed by atoms with van der Waals surface area (Å²) < 4.78 is 7.18. The van der Waals surface area contributed by atoms with Crippen molar-refractivity contribution >= 4 is 5.91 Å². The van der Waals surface area contributed by atoms with Crippen molar-refractivity contribution in [1.82, 2.24) is 20.1 Å². The molecule has 0 spiro atoms. The lowest BCUT2D eigenvalue weighted by atomic mass is 9.92. The van der Waals surface area contributed by atoms with Gasteiger partial charge < -0.3 is 10.1 Å². The Hall–Kier alpha value is -3.15. The van der Waals surface area contributed by atoms with Crippen LogP contribution in [0.3, 0.4) is 0 Å². The minimum Gasteiger partial charge on any atom is -0.497 e. The maximum absolute atomic E-state index is 12.6. The van der Waals surface area contributed by atoms with Crippen molar-refractivity contribution < 1.29 is 9.53 Å². The summed E-state index contributed by atoms with van der Waals surface area (Å²) in [5.74, 6) is 0.667. The standard InChI is InChI=1S/C21H22N4O2/c1-14-6-11-19(22-12-14)21(26)24-18-4-3-5-20-17(18)13-23-25(20)15-7-9-16(27-2)10-8-15/h6-13,18H,3-5H2,1-2H3,(H,24,26). The molecule has 1 aliphatic carbocycles. The zero-order valence-corrected chi connectivity index (χ0v) is 15.5. The van der Waals surface area contributed by atoms with Crippen LogP contribution < -0.4 is 10.1 Å². The Morgan fingerprint density at radius 3 is 2.70 bits per heavy atom. The summed E-state index contributed by atoms with van der Waals surface area (Å²) in [5, 5.41) is 7.69. The van der Waals surface area contributed by atoms with E-state index in [0.717, 1.165) is 47.5 Å². The third-order valence-electron chi connectivity index (χ3n) is 4.95. The molecular weight excluding hydrogens is 340 g/mol. The first-order valence-corrected chi connectivity index (χ1v) is 9.10. The van der Waals surface area contributed by atoms with E-state index in [1.54, 1.807) is 19.4 Å². The molecule has 27 heavy (non-hydrogen) atoms. The number of ether oxygens (including phenoxy) is 1. The summed E-state index contributed by atoms with van der Waals surface area (Å²) in [6.45, 7) is 1.95. The molecule has 4 rings (SSSR count). The number of rotatable bonds is 4. The fourth-order valence-corrected chi connectivity index (χ4v) is 3.49. The van der Waals surface area contributed by atoms with Gasteiger partial charge in [0.15, 0.2) is 0 Å². The summed E-state index contributed by atoms with van der Waals surface area (Å²) in [6, 6.07) is 11.4. The molecule has 2 aromatic heterocycles. The van der Waals surface area contributed by atoms with Gasteiger partial charge >= 0.3 is 0 Å². The van der Waals surface area contributed by atoms with Gasteiger partial charge in [0, 0.05) is 17.5 Å². The first-order valence-electron chi connectivity index (χ1n) is 9.10. The predicted octanol–water partition coefficient (Wildman–Crippen LogP) is 3.39. The van der Waals surface area contributed by atoms with Crippen LogP contribution in [-0.2, 0) is 6.42 Å². The number of nitrogens with zero attached hydrogens (tertiary/aromatic N) is 3. The molecule has 3 aromatic rings. The molecule has 6 nitrogen and oxygen atoms in total. The molecule has 0 saturated carbocycles. The molecule has 1 atom stereocenters. The maximum Gasteiger partial charge on any atom is 0.270 e. The van der Waals surface area contributed by atoms with Gasteiger partial charge in [-0.25, -0.2) is 4.68 Å². The third kappa shape index (κ3) is 3.43. The van der Waals surface area contributed by atoms with Crippen molar-refractivity contribution in [2.45, 2.75) is 32.2 Å². The summed E-state index contributed by atoms with van der Waals surface area (Å²) in [7, 11) is 1.65. The van der Waals surface area contributed by atoms with Crippen molar-refractivity contribution in [3.05, 3.63) is 71.3 Å². The van der Waals surface area contributed by atoms with E-state index in [4.69, 9.17) is 4.74 Å². The number of benzene rings is 1. The number of nitrogens with one attached hydrogen (secondary N) is 1. The largest absolute Gasteiger partial charge is 0.497 e. The second-order valence-electron chi connectivity index (χ2n) is 6.80. The summed E-state index contributed by atoms with van der Waals surface area (Å²) in [6.07, 6.45) is 6.42. The molecule has 0 bridgehead atoms. The molecule has 0 fully saturated rings. The number of methoxy groups -OCH3 is 1. The summed E-state index contributed by atoms with van der Waals surface area (Å²) in [5.41, 5.74) is 4.69. The Kier molecular flexibility index (Phi) is 4.62. The molecule has 1 unspecified atom stereocenters. The second kappa shape index (κ2) is 7.23. The van der Waals surface area contributed by atoms with Gasteiger partial charge in [-0.2, -0.15) is 5.10 Å². The fraction of sp³-hybridized carbons (Fsp3) is 0.286. The van der Waals surface area contributed by atoms with Crippen molar-refractivity contribution in [3.63, 3.8) is 0 Å². The number of aryl methyl sites for hydroxylation is 1. The lowest BCUT2D eigenvalue weighted by Crippen LogP contribution is -2.31. The number of aromatic nitrogens is 3. The van der Waals surface area contributed by atoms with E-state index in [0.29, 0.717) is 5.69 Å². The average molecular weight is 362 g/mol. The Labute approximate surface area is 158 Å². The van der Waals surface area contributed by atoms with Crippen LogP contribution in [0.4, 0.5) is 0 Å². The molecule has 0 saturated heterocycles. The molecule has 6 heteroatoms. The fourth-order valence-electron chi connectivity index (χ4n) is 3.49. The zero-order chi connectivity index (χ0) is 18.8. The Morgan fingerprint density at radius 1 is 1.19 bits per heavy atom. The Morgan fingerprint density at radius 2 is 2.00 bits per heavy atom. The van der Waals surface area contributed by atoms with E-state index in [1.807, 2.05) is 48.1 Å². The van der Waals surface area contributed by atoms with Crippen LogP contribution in [-0.4, -0.2) is 27.8 Å². The van der Waals surface area contributed by atoms with Crippen LogP contribution in [0.25, 0.3) is 5.69 Å². The van der Waals surface area contributed by atoms with Crippen LogP contribution >= 0.6 is 0 Å². The molecule has 1 amide bonds. The van der Waals surface area contributed by atoms with Crippen molar-refractivity contribution in [1.29, 1.82) is 0 Å². The molecule has 2 heterocycles. The van der Waals surface area contributed by atoms with Gasteiger partial charge in [-0.3, -0.25) is 9.78 Å². The quantitative estimate of drug-likeness (QED) is 0.772. The summed E-state index contributed by atoms with van der Waals surface area (Å²) in [4.78, 5) is 16.8. The van der Waals surface area contributed by atoms with E-state index in [2.05, 4.69) is 15.4 Å². The van der Waals surface area contributed by atoms with Crippen molar-refractivity contribution in [3.8, 4) is 11.4 Å². The monoisotopic (exact) mass is 362 g/mol. The highest BCUT2D eigenvalue weighted by Crippen LogP contribution is 2.31. The van der Waals surface area contributed by atoms with E-state index in [-0.39, 0.29) is 11.9 Å². The Balaban J connectivity index is 1.57. The van der Waals surface area contributed by atoms with E-state index < -0.39 is 0 Å². The molecule has 0 aliphatic heterocycles. The van der Waals surface area contributed by atoms with Crippen LogP contribution in [0.5, 0.6) is 5.75 Å². The number of hydrogen-bond acceptors (Lipinski definition) is 4. The van der Waals surface area contributed by atoms with Gasteiger partial charge in [-0.1, -0.05) is 6.07 Å². The van der Waals surface area contributed by atoms with E-state index in [1.165, 1.54) is 0 Å². The minimum absolute atomic E-state index is 0.0450. The first kappa shape index (κ1) is 17.3. The number of pyridine rings is 1. The van der Waals surface area contributed by atoms with Gasteiger partial charge in [-0.05, 0) is 62.1 Å². The SMILES string of the molecule is COc1ccc(-n2ncc3c2CCCC3NC(=O)c2ccc(C)cn2)cc1. The van der Waals surface area contributed by atoms with E-state index in [9.17, 15) is 4.79 Å². The molecule has 1 N–H and O–H groups in total. The third-order valence-corrected chi connectivity index (χ3v) is 4.95. The number of carbonyl (C=O) groups is 1. The summed E-state index contributed by atoms with van der Waals surface area (Å²) >= 11 is 0. The van der Waals surface area contributed by atoms with Gasteiger partial charge in [0.2, 0.25) is 0 Å². The van der Waals surface area contributed by atoms with Crippen LogP contribution in [0.1, 0.15) is 46.2 Å². The highest BCUT2D eigenvalue weighted by molar-refractivity contribution is 5.92. The second-order valence-corrected chi connectivity index (χ2v) is 6.80. The average Bonchev–Trinajstić information content (AvgIpc) is 3.14. The van der Waals surface area contributed by atoms with Gasteiger partial charge in [0.05, 0.1) is 25.0 Å². The lowest BCUT2D eigenvalue weighted by molar-refractivity contribution is 0.0927. The van der Waals surface area contributed by atoms with Crippen molar-refractivity contribution in [2.75, 3.05) is 7.11 Å². The number of amides is 1. The predicted molar refractivity (Wildman–Crippen MR) is 102 cm³/mol. The van der Waals surface area contributed by atoms with Crippen LogP contribution in [0, 0.1) is 6.92 Å². The van der Waals surface area contributed by atoms with Gasteiger partial charge in [0.25, 0.3) is 5.91 Å². The van der Waals surface area contributed by atoms with E-state index >= 15 is 0 Å². The molecule has 1 aliphatic rings. The Bertz CT molecular complexity index is 945. The molecule has 138 valence electrons. The van der Waals surface area contributed by atoms with Crippen molar-refractivity contribution in [2.24, 2.45) is 0 Å². The minimum atomic E-state index is -0.148. The number of hydrogen-bond donors (Lipinski definition) is 1. The number of fused-ring (bicyclic) bond motifs is 1. The first-order chi connectivity index (χ1) is 13.2. The zero-order valence-electron chi connectivity index (χ0n) is 15.5. The number of carbonyl (C=O) groups excluding carboxylic acids is 1. The highest BCUT2D eigenvalue weighted by Gasteiger charge is 2.26. The van der Waals surface area contributed by atoms with Gasteiger partial charge in [-0.15, -0.1) is 0 Å². The molecule has 1 aromatic carbocycles. The maximum atomic E-state index is 12.6. The lowest BCUT2D eigenvalue weighted by Gasteiger charge is -2.24. The normalized spacial score (nSPS) is 15.9. The smallest absolute Gasteiger partial charge is 0.270 e. The molecule has 0 radical (unpaired) electrons. The molecular formula is C21H22N4O2. The van der Waals surface area contributed by atoms with Crippen LogP contribution in [0.2, 0.25) is 0 Å².